The quantitative estimate of drug-likeness (QED) is 0.800. The van der Waals surface area contributed by atoms with Gasteiger partial charge in [-0.3, -0.25) is 0 Å². The molecule has 1 saturated carbocycles. The molecule has 0 spiro atoms. The van der Waals surface area contributed by atoms with Crippen LogP contribution in [0.5, 0.6) is 0 Å². The third kappa shape index (κ3) is 3.98. The lowest BCUT2D eigenvalue weighted by Crippen LogP contribution is -2.32. The molecule has 1 aliphatic rings. The van der Waals surface area contributed by atoms with Crippen LogP contribution in [0, 0.1) is 17.7 Å². The minimum atomic E-state index is -3.84. The topological polar surface area (TPSA) is 72.2 Å². The zero-order valence-electron chi connectivity index (χ0n) is 11.6. The molecule has 1 aliphatic carbocycles. The molecule has 4 nitrogen and oxygen atoms in total. The summed E-state index contributed by atoms with van der Waals surface area (Å²) in [5.41, 5.74) is 5.64. The SMILES string of the molecule is CSC1(CNS(=O)(=O)c2ccc(C#CCN)cc2F)CC1. The third-order valence-electron chi connectivity index (χ3n) is 3.38. The first-order chi connectivity index (χ1) is 9.92. The van der Waals surface area contributed by atoms with E-state index in [1.807, 2.05) is 6.26 Å². The van der Waals surface area contributed by atoms with Gasteiger partial charge in [-0.1, -0.05) is 11.8 Å². The molecule has 21 heavy (non-hydrogen) atoms. The van der Waals surface area contributed by atoms with Crippen molar-refractivity contribution < 1.29 is 12.8 Å². The van der Waals surface area contributed by atoms with E-state index in [-0.39, 0.29) is 16.2 Å². The van der Waals surface area contributed by atoms with Crippen LogP contribution in [0.2, 0.25) is 0 Å². The maximum absolute atomic E-state index is 14.0. The van der Waals surface area contributed by atoms with E-state index in [2.05, 4.69) is 16.6 Å². The molecule has 3 N–H and O–H groups in total. The molecule has 0 amide bonds. The highest BCUT2D eigenvalue weighted by Crippen LogP contribution is 2.46. The number of thioether (sulfide) groups is 1. The van der Waals surface area contributed by atoms with Gasteiger partial charge in [-0.2, -0.15) is 11.8 Å². The smallest absolute Gasteiger partial charge is 0.243 e. The number of nitrogens with two attached hydrogens (primary N) is 1. The van der Waals surface area contributed by atoms with Gasteiger partial charge in [-0.15, -0.1) is 0 Å². The zero-order valence-corrected chi connectivity index (χ0v) is 13.3. The van der Waals surface area contributed by atoms with E-state index < -0.39 is 15.8 Å². The summed E-state index contributed by atoms with van der Waals surface area (Å²) in [6.45, 7) is 0.491. The first-order valence-corrected chi connectivity index (χ1v) is 9.16. The molecular weight excluding hydrogens is 311 g/mol. The maximum atomic E-state index is 14.0. The normalized spacial score (nSPS) is 16.1. The second-order valence-electron chi connectivity index (χ2n) is 4.86. The molecule has 1 aromatic carbocycles. The summed E-state index contributed by atoms with van der Waals surface area (Å²) in [4.78, 5) is -0.349. The molecule has 0 radical (unpaired) electrons. The summed E-state index contributed by atoms with van der Waals surface area (Å²) >= 11 is 1.64. The highest BCUT2D eigenvalue weighted by atomic mass is 32.2. The van der Waals surface area contributed by atoms with Crippen molar-refractivity contribution >= 4 is 21.8 Å². The number of halogens is 1. The van der Waals surface area contributed by atoms with Crippen LogP contribution in [0.1, 0.15) is 18.4 Å². The lowest BCUT2D eigenvalue weighted by Gasteiger charge is -2.13. The summed E-state index contributed by atoms with van der Waals surface area (Å²) in [6.07, 6.45) is 3.91. The lowest BCUT2D eigenvalue weighted by atomic mass is 10.2. The predicted octanol–water partition coefficient (Wildman–Crippen LogP) is 1.31. The Labute approximate surface area is 128 Å². The molecule has 0 aromatic heterocycles. The van der Waals surface area contributed by atoms with Gasteiger partial charge in [0.2, 0.25) is 10.0 Å². The van der Waals surface area contributed by atoms with E-state index in [0.717, 1.165) is 18.9 Å². The average molecular weight is 328 g/mol. The molecular formula is C14H17FN2O2S2. The highest BCUT2D eigenvalue weighted by Gasteiger charge is 2.42. The van der Waals surface area contributed by atoms with E-state index in [0.29, 0.717) is 12.1 Å². The number of nitrogens with one attached hydrogen (secondary N) is 1. The fourth-order valence-electron chi connectivity index (χ4n) is 1.85. The van der Waals surface area contributed by atoms with Crippen molar-refractivity contribution in [2.45, 2.75) is 22.5 Å². The van der Waals surface area contributed by atoms with Crippen LogP contribution in [-0.2, 0) is 10.0 Å². The zero-order chi connectivity index (χ0) is 15.5. The van der Waals surface area contributed by atoms with Crippen LogP contribution >= 0.6 is 11.8 Å². The molecule has 2 rings (SSSR count). The lowest BCUT2D eigenvalue weighted by molar-refractivity contribution is 0.555. The molecule has 1 aromatic rings. The van der Waals surface area contributed by atoms with Gasteiger partial charge in [-0.05, 0) is 37.3 Å². The Morgan fingerprint density at radius 1 is 1.48 bits per heavy atom. The fraction of sp³-hybridized carbons (Fsp3) is 0.429. The van der Waals surface area contributed by atoms with Gasteiger partial charge in [0.05, 0.1) is 6.54 Å². The third-order valence-corrected chi connectivity index (χ3v) is 6.23. The Kier molecular flexibility index (Phi) is 4.94. The molecule has 114 valence electrons. The molecule has 0 atom stereocenters. The van der Waals surface area contributed by atoms with Crippen molar-refractivity contribution in [3.8, 4) is 11.8 Å². The van der Waals surface area contributed by atoms with Crippen LogP contribution in [0.25, 0.3) is 0 Å². The number of rotatable bonds is 5. The molecule has 0 saturated heterocycles. The standard InChI is InChI=1S/C14H17FN2O2S2/c1-20-14(6-7-14)10-17-21(18,19)13-5-4-11(3-2-8-16)9-12(13)15/h4-5,9,17H,6-8,10,16H2,1H3. The Hall–Kier alpha value is -1.07. The van der Waals surface area contributed by atoms with Crippen LogP contribution in [0.4, 0.5) is 4.39 Å². The van der Waals surface area contributed by atoms with Gasteiger partial charge in [0.15, 0.2) is 0 Å². The Balaban J connectivity index is 2.16. The number of hydrogen-bond acceptors (Lipinski definition) is 4. The first-order valence-electron chi connectivity index (χ1n) is 6.46. The molecule has 1 fully saturated rings. The van der Waals surface area contributed by atoms with Gasteiger partial charge < -0.3 is 5.73 Å². The van der Waals surface area contributed by atoms with Crippen molar-refractivity contribution in [3.05, 3.63) is 29.6 Å². The van der Waals surface area contributed by atoms with E-state index in [1.54, 1.807) is 11.8 Å². The number of hydrogen-bond donors (Lipinski definition) is 2. The largest absolute Gasteiger partial charge is 0.320 e. The molecule has 0 heterocycles. The van der Waals surface area contributed by atoms with Gasteiger partial charge in [-0.25, -0.2) is 17.5 Å². The Morgan fingerprint density at radius 2 is 2.19 bits per heavy atom. The Morgan fingerprint density at radius 3 is 2.71 bits per heavy atom. The predicted molar refractivity (Wildman–Crippen MR) is 83.0 cm³/mol. The van der Waals surface area contributed by atoms with E-state index in [1.165, 1.54) is 12.1 Å². The minimum absolute atomic E-state index is 0.0178. The highest BCUT2D eigenvalue weighted by molar-refractivity contribution is 8.00. The van der Waals surface area contributed by atoms with E-state index in [9.17, 15) is 12.8 Å². The number of sulfonamides is 1. The maximum Gasteiger partial charge on any atom is 0.243 e. The molecule has 0 unspecified atom stereocenters. The summed E-state index contributed by atoms with van der Waals surface area (Å²) in [5, 5.41) is 0. The van der Waals surface area contributed by atoms with Gasteiger partial charge in [0.25, 0.3) is 0 Å². The average Bonchev–Trinajstić information content (AvgIpc) is 3.23. The van der Waals surface area contributed by atoms with Gasteiger partial charge in [0.1, 0.15) is 10.7 Å². The molecule has 0 bridgehead atoms. The van der Waals surface area contributed by atoms with Crippen molar-refractivity contribution in [1.29, 1.82) is 0 Å². The summed E-state index contributed by atoms with van der Waals surface area (Å²) in [7, 11) is -3.84. The van der Waals surface area contributed by atoms with E-state index >= 15 is 0 Å². The van der Waals surface area contributed by atoms with Crippen LogP contribution in [0.3, 0.4) is 0 Å². The molecule has 7 heteroatoms. The van der Waals surface area contributed by atoms with Crippen molar-refractivity contribution in [2.24, 2.45) is 5.73 Å². The van der Waals surface area contributed by atoms with Crippen molar-refractivity contribution in [3.63, 3.8) is 0 Å². The monoisotopic (exact) mass is 328 g/mol. The summed E-state index contributed by atoms with van der Waals surface area (Å²) < 4.78 is 40.7. The number of benzene rings is 1. The van der Waals surface area contributed by atoms with Crippen LogP contribution in [-0.4, -0.2) is 32.5 Å². The van der Waals surface area contributed by atoms with E-state index in [4.69, 9.17) is 5.73 Å². The summed E-state index contributed by atoms with van der Waals surface area (Å²) in [5.74, 6) is 4.45. The van der Waals surface area contributed by atoms with Crippen molar-refractivity contribution in [1.82, 2.24) is 4.72 Å². The summed E-state index contributed by atoms with van der Waals surface area (Å²) in [6, 6.07) is 3.82. The fourth-order valence-corrected chi connectivity index (χ4v) is 3.85. The van der Waals surface area contributed by atoms with Gasteiger partial charge in [0, 0.05) is 16.9 Å². The Bertz CT molecular complexity index is 689. The van der Waals surface area contributed by atoms with Crippen LogP contribution in [0.15, 0.2) is 23.1 Å². The molecule has 0 aliphatic heterocycles. The van der Waals surface area contributed by atoms with Gasteiger partial charge >= 0.3 is 0 Å². The second kappa shape index (κ2) is 6.36. The second-order valence-corrected chi connectivity index (χ2v) is 7.87. The van der Waals surface area contributed by atoms with Crippen molar-refractivity contribution in [2.75, 3.05) is 19.3 Å². The minimum Gasteiger partial charge on any atom is -0.320 e. The first kappa shape index (κ1) is 16.3. The van der Waals surface area contributed by atoms with Crippen LogP contribution < -0.4 is 10.5 Å².